The molecule has 80 valence electrons. The minimum absolute atomic E-state index is 0.0656. The molecule has 0 aliphatic rings. The number of rotatable bonds is 3. The summed E-state index contributed by atoms with van der Waals surface area (Å²) in [5, 5.41) is 27.2. The number of aliphatic hydroxyl groups excluding tert-OH is 1. The van der Waals surface area contributed by atoms with Crippen molar-refractivity contribution in [1.82, 2.24) is 0 Å². The molecule has 0 spiro atoms. The number of halogens is 1. The first-order chi connectivity index (χ1) is 7.11. The van der Waals surface area contributed by atoms with Crippen LogP contribution in [0, 0.1) is 11.3 Å². The number of hydrogen-bond donors (Lipinski definition) is 3. The second-order valence-electron chi connectivity index (χ2n) is 3.09. The molecule has 0 saturated heterocycles. The maximum Gasteiger partial charge on any atom is 0.139 e. The monoisotopic (exact) mass is 270 g/mol. The molecule has 0 aromatic heterocycles. The lowest BCUT2D eigenvalue weighted by Crippen LogP contribution is -2.13. The summed E-state index contributed by atoms with van der Waals surface area (Å²) >= 11 is 3.25. The average molecular weight is 271 g/mol. The number of nitrogens with zero attached hydrogens (tertiary/aromatic N) is 1. The quantitative estimate of drug-likeness (QED) is 0.775. The zero-order chi connectivity index (χ0) is 11.4. The number of nitrogens with two attached hydrogens (primary N) is 1. The third kappa shape index (κ3) is 2.48. The van der Waals surface area contributed by atoms with E-state index in [1.807, 2.05) is 6.07 Å². The number of benzene rings is 1. The molecule has 0 fully saturated rings. The molecular weight excluding hydrogens is 260 g/mol. The van der Waals surface area contributed by atoms with Gasteiger partial charge in [-0.2, -0.15) is 5.26 Å². The molecule has 0 unspecified atom stereocenters. The molecule has 0 heterocycles. The average Bonchev–Trinajstić information content (AvgIpc) is 2.18. The lowest BCUT2D eigenvalue weighted by molar-refractivity contribution is 0.275. The summed E-state index contributed by atoms with van der Waals surface area (Å²) in [5.74, 6) is -0.118. The van der Waals surface area contributed by atoms with Crippen LogP contribution < -0.4 is 5.73 Å². The topological polar surface area (TPSA) is 90.3 Å². The van der Waals surface area contributed by atoms with Crippen LogP contribution in [0.25, 0.3) is 0 Å². The first-order valence-electron chi connectivity index (χ1n) is 4.39. The Morgan fingerprint density at radius 3 is 2.73 bits per heavy atom. The van der Waals surface area contributed by atoms with E-state index in [4.69, 9.17) is 16.1 Å². The number of phenolic OH excluding ortho intramolecular Hbond substituents is 1. The van der Waals surface area contributed by atoms with Gasteiger partial charge in [-0.25, -0.2) is 0 Å². The van der Waals surface area contributed by atoms with Crippen molar-refractivity contribution >= 4 is 15.9 Å². The van der Waals surface area contributed by atoms with Crippen molar-refractivity contribution in [3.05, 3.63) is 27.7 Å². The summed E-state index contributed by atoms with van der Waals surface area (Å²) in [4.78, 5) is 0. The van der Waals surface area contributed by atoms with Gasteiger partial charge in [0.25, 0.3) is 0 Å². The molecule has 0 saturated carbocycles. The molecule has 0 amide bonds. The van der Waals surface area contributed by atoms with E-state index < -0.39 is 6.04 Å². The molecule has 4 N–H and O–H groups in total. The summed E-state index contributed by atoms with van der Waals surface area (Å²) in [6.07, 6.45) is 0.334. The summed E-state index contributed by atoms with van der Waals surface area (Å²) in [6.45, 7) is -0.0656. The fraction of sp³-hybridized carbons (Fsp3) is 0.300. The highest BCUT2D eigenvalue weighted by Gasteiger charge is 2.17. The highest BCUT2D eigenvalue weighted by atomic mass is 79.9. The molecule has 1 aromatic carbocycles. The van der Waals surface area contributed by atoms with Crippen molar-refractivity contribution < 1.29 is 10.2 Å². The van der Waals surface area contributed by atoms with Crippen LogP contribution in [0.15, 0.2) is 16.6 Å². The molecule has 4 nitrogen and oxygen atoms in total. The fourth-order valence-corrected chi connectivity index (χ4v) is 1.92. The van der Waals surface area contributed by atoms with Crippen LogP contribution in [-0.2, 0) is 0 Å². The summed E-state index contributed by atoms with van der Waals surface area (Å²) in [6, 6.07) is 4.55. The summed E-state index contributed by atoms with van der Waals surface area (Å²) < 4.78 is 0.639. The molecule has 1 rings (SSSR count). The lowest BCUT2D eigenvalue weighted by Gasteiger charge is -2.14. The Labute approximate surface area is 96.1 Å². The number of nitriles is 1. The van der Waals surface area contributed by atoms with Crippen molar-refractivity contribution in [3.63, 3.8) is 0 Å². The maximum absolute atomic E-state index is 9.75. The van der Waals surface area contributed by atoms with E-state index in [0.29, 0.717) is 16.5 Å². The Hall–Kier alpha value is -1.09. The van der Waals surface area contributed by atoms with Crippen LogP contribution in [0.2, 0.25) is 0 Å². The van der Waals surface area contributed by atoms with Crippen molar-refractivity contribution in [2.75, 3.05) is 6.61 Å². The zero-order valence-electron chi connectivity index (χ0n) is 7.94. The second-order valence-corrected chi connectivity index (χ2v) is 3.94. The molecule has 1 aromatic rings. The highest BCUT2D eigenvalue weighted by Crippen LogP contribution is 2.34. The van der Waals surface area contributed by atoms with Gasteiger partial charge in [-0.05, 0) is 18.6 Å². The maximum atomic E-state index is 9.75. The SMILES string of the molecule is N#Cc1ccc(Br)c([C@@H](N)CCO)c1O. The van der Waals surface area contributed by atoms with Crippen molar-refractivity contribution in [3.8, 4) is 11.8 Å². The van der Waals surface area contributed by atoms with Gasteiger partial charge in [0.05, 0.1) is 5.56 Å². The van der Waals surface area contributed by atoms with Gasteiger partial charge in [0.15, 0.2) is 0 Å². The molecule has 0 bridgehead atoms. The van der Waals surface area contributed by atoms with Gasteiger partial charge in [0.2, 0.25) is 0 Å². The first-order valence-corrected chi connectivity index (χ1v) is 5.19. The van der Waals surface area contributed by atoms with Gasteiger partial charge >= 0.3 is 0 Å². The molecule has 1 atom stereocenters. The van der Waals surface area contributed by atoms with E-state index in [9.17, 15) is 5.11 Å². The third-order valence-corrected chi connectivity index (χ3v) is 2.79. The third-order valence-electron chi connectivity index (χ3n) is 2.10. The van der Waals surface area contributed by atoms with Crippen molar-refractivity contribution in [2.24, 2.45) is 5.73 Å². The molecular formula is C10H11BrN2O2. The van der Waals surface area contributed by atoms with Gasteiger partial charge in [0.1, 0.15) is 11.8 Å². The highest BCUT2D eigenvalue weighted by molar-refractivity contribution is 9.10. The predicted molar refractivity (Wildman–Crippen MR) is 59.2 cm³/mol. The molecule has 0 aliphatic carbocycles. The van der Waals surface area contributed by atoms with E-state index in [1.54, 1.807) is 6.07 Å². The summed E-state index contributed by atoms with van der Waals surface area (Å²) in [7, 11) is 0. The van der Waals surface area contributed by atoms with Crippen LogP contribution in [0.1, 0.15) is 23.6 Å². The van der Waals surface area contributed by atoms with Crippen LogP contribution in [-0.4, -0.2) is 16.8 Å². The minimum Gasteiger partial charge on any atom is -0.506 e. The van der Waals surface area contributed by atoms with E-state index in [0.717, 1.165) is 0 Å². The first kappa shape index (κ1) is 12.0. The Morgan fingerprint density at radius 1 is 1.53 bits per heavy atom. The molecule has 0 aliphatic heterocycles. The van der Waals surface area contributed by atoms with Gasteiger partial charge in [-0.15, -0.1) is 0 Å². The van der Waals surface area contributed by atoms with E-state index in [2.05, 4.69) is 15.9 Å². The minimum atomic E-state index is -0.488. The van der Waals surface area contributed by atoms with Crippen molar-refractivity contribution in [1.29, 1.82) is 5.26 Å². The standard InChI is InChI=1S/C10H11BrN2O2/c11-7-2-1-6(5-12)10(15)9(7)8(13)3-4-14/h1-2,8,14-15H,3-4,13H2/t8-/m0/s1. The van der Waals surface area contributed by atoms with E-state index in [1.165, 1.54) is 6.07 Å². The second kappa shape index (κ2) is 5.12. The largest absolute Gasteiger partial charge is 0.506 e. The zero-order valence-corrected chi connectivity index (χ0v) is 9.53. The van der Waals surface area contributed by atoms with Crippen LogP contribution in [0.3, 0.4) is 0 Å². The van der Waals surface area contributed by atoms with Gasteiger partial charge in [-0.1, -0.05) is 15.9 Å². The Kier molecular flexibility index (Phi) is 4.09. The van der Waals surface area contributed by atoms with Crippen LogP contribution in [0.5, 0.6) is 5.75 Å². The van der Waals surface area contributed by atoms with Crippen molar-refractivity contribution in [2.45, 2.75) is 12.5 Å². The molecule has 15 heavy (non-hydrogen) atoms. The van der Waals surface area contributed by atoms with Gasteiger partial charge < -0.3 is 15.9 Å². The van der Waals surface area contributed by atoms with Gasteiger partial charge in [-0.3, -0.25) is 0 Å². The Bertz CT molecular complexity index is 401. The Morgan fingerprint density at radius 2 is 2.20 bits per heavy atom. The normalized spacial score (nSPS) is 12.1. The molecule has 0 radical (unpaired) electrons. The van der Waals surface area contributed by atoms with Gasteiger partial charge in [0, 0.05) is 22.7 Å². The number of hydrogen-bond acceptors (Lipinski definition) is 4. The predicted octanol–water partition coefficient (Wildman–Crippen LogP) is 1.41. The molecule has 5 heteroatoms. The van der Waals surface area contributed by atoms with E-state index in [-0.39, 0.29) is 17.9 Å². The van der Waals surface area contributed by atoms with E-state index >= 15 is 0 Å². The summed E-state index contributed by atoms with van der Waals surface area (Å²) in [5.41, 5.74) is 6.41. The number of aromatic hydroxyl groups is 1. The number of phenols is 1. The van der Waals surface area contributed by atoms with Crippen LogP contribution in [0.4, 0.5) is 0 Å². The number of aliphatic hydroxyl groups is 1. The van der Waals surface area contributed by atoms with Crippen LogP contribution >= 0.6 is 15.9 Å². The smallest absolute Gasteiger partial charge is 0.139 e. The lowest BCUT2D eigenvalue weighted by atomic mass is 10.0. The Balaban J connectivity index is 3.21. The fourth-order valence-electron chi connectivity index (χ4n) is 1.31.